The van der Waals surface area contributed by atoms with E-state index in [1.165, 1.54) is 6.07 Å². The van der Waals surface area contributed by atoms with Crippen molar-refractivity contribution in [1.29, 1.82) is 0 Å². The smallest absolute Gasteiger partial charge is 0.532 e. The van der Waals surface area contributed by atoms with Crippen molar-refractivity contribution in [3.05, 3.63) is 106 Å². The first kappa shape index (κ1) is 27.9. The number of hydrogen-bond donors (Lipinski definition) is 1. The van der Waals surface area contributed by atoms with Gasteiger partial charge in [0.15, 0.2) is 64.0 Å². The first-order chi connectivity index (χ1) is 18.3. The molecule has 0 aliphatic heterocycles. The van der Waals surface area contributed by atoms with Gasteiger partial charge in [-0.1, -0.05) is 18.2 Å². The third-order valence-electron chi connectivity index (χ3n) is 5.46. The van der Waals surface area contributed by atoms with Crippen molar-refractivity contribution in [2.45, 2.75) is 0 Å². The minimum absolute atomic E-state index is 0.491. The Hall–Kier alpha value is -4.14. The maximum Gasteiger partial charge on any atom is 0.563 e. The standard InChI is InChI=1S/C24H7BF12O2/c26-9-6-5-8(14(27)15(9)28)7-3-1-2-4-10(7)39-25(38)13-11(16(29)20(33)23(36)19(13)32)12-17(30)21(34)24(37)22(35)18(12)31/h1-6,38H. The molecule has 2 nitrogen and oxygen atoms in total. The van der Waals surface area contributed by atoms with E-state index in [0.29, 0.717) is 12.1 Å². The number of benzene rings is 4. The summed E-state index contributed by atoms with van der Waals surface area (Å²) in [5, 5.41) is 10.5. The van der Waals surface area contributed by atoms with E-state index in [4.69, 9.17) is 4.65 Å². The normalized spacial score (nSPS) is 11.2. The van der Waals surface area contributed by atoms with Crippen LogP contribution < -0.4 is 10.1 Å². The van der Waals surface area contributed by atoms with Gasteiger partial charge < -0.3 is 9.68 Å². The summed E-state index contributed by atoms with van der Waals surface area (Å²) in [6, 6.07) is 5.38. The summed E-state index contributed by atoms with van der Waals surface area (Å²) in [6.07, 6.45) is 0. The van der Waals surface area contributed by atoms with Gasteiger partial charge in [-0.05, 0) is 18.2 Å². The van der Waals surface area contributed by atoms with E-state index in [9.17, 15) is 57.7 Å². The monoisotopic (exact) mass is 566 g/mol. The van der Waals surface area contributed by atoms with Gasteiger partial charge in [-0.15, -0.1) is 0 Å². The lowest BCUT2D eigenvalue weighted by atomic mass is 9.73. The Morgan fingerprint density at radius 2 is 0.949 bits per heavy atom. The van der Waals surface area contributed by atoms with Crippen molar-refractivity contribution < 1.29 is 62.4 Å². The van der Waals surface area contributed by atoms with Crippen LogP contribution in [0.4, 0.5) is 52.7 Å². The van der Waals surface area contributed by atoms with Crippen molar-refractivity contribution in [3.63, 3.8) is 0 Å². The fraction of sp³-hybridized carbons (Fsp3) is 0. The summed E-state index contributed by atoms with van der Waals surface area (Å²) in [6.45, 7) is 0. The molecular weight excluding hydrogens is 559 g/mol. The molecule has 0 atom stereocenters. The van der Waals surface area contributed by atoms with Gasteiger partial charge in [0.1, 0.15) is 5.75 Å². The third kappa shape index (κ3) is 4.45. The molecule has 15 heteroatoms. The Bertz CT molecular complexity index is 1610. The van der Waals surface area contributed by atoms with E-state index in [1.54, 1.807) is 0 Å². The van der Waals surface area contributed by atoms with Crippen LogP contribution in [-0.4, -0.2) is 12.1 Å². The fourth-order valence-corrected chi connectivity index (χ4v) is 3.65. The van der Waals surface area contributed by atoms with Crippen LogP contribution in [0, 0.1) is 69.8 Å². The van der Waals surface area contributed by atoms with Gasteiger partial charge in [0.05, 0.1) is 5.56 Å². The molecule has 0 fully saturated rings. The summed E-state index contributed by atoms with van der Waals surface area (Å²) < 4.78 is 174. The molecule has 0 aromatic heterocycles. The summed E-state index contributed by atoms with van der Waals surface area (Å²) in [5.74, 6) is -30.4. The molecule has 0 saturated heterocycles. The van der Waals surface area contributed by atoms with Crippen LogP contribution in [0.5, 0.6) is 5.75 Å². The van der Waals surface area contributed by atoms with Crippen LogP contribution in [0.3, 0.4) is 0 Å². The van der Waals surface area contributed by atoms with E-state index in [-0.39, 0.29) is 0 Å². The highest BCUT2D eigenvalue weighted by atomic mass is 19.2. The Morgan fingerprint density at radius 1 is 0.462 bits per heavy atom. The van der Waals surface area contributed by atoms with Crippen molar-refractivity contribution in [1.82, 2.24) is 0 Å². The predicted octanol–water partition coefficient (Wildman–Crippen LogP) is 6.46. The molecule has 39 heavy (non-hydrogen) atoms. The van der Waals surface area contributed by atoms with E-state index < -0.39 is 110 Å². The molecule has 4 rings (SSSR count). The number of hydrogen-bond acceptors (Lipinski definition) is 2. The summed E-state index contributed by atoms with van der Waals surface area (Å²) >= 11 is 0. The minimum atomic E-state index is -3.10. The van der Waals surface area contributed by atoms with Gasteiger partial charge >= 0.3 is 7.12 Å². The zero-order chi connectivity index (χ0) is 28.9. The van der Waals surface area contributed by atoms with Gasteiger partial charge in [-0.3, -0.25) is 0 Å². The zero-order valence-corrected chi connectivity index (χ0v) is 18.4. The second kappa shape index (κ2) is 10.2. The molecule has 0 bridgehead atoms. The third-order valence-corrected chi connectivity index (χ3v) is 5.46. The number of para-hydroxylation sites is 1. The van der Waals surface area contributed by atoms with E-state index in [1.807, 2.05) is 0 Å². The van der Waals surface area contributed by atoms with Crippen molar-refractivity contribution in [2.24, 2.45) is 0 Å². The highest BCUT2D eigenvalue weighted by Gasteiger charge is 2.39. The van der Waals surface area contributed by atoms with Crippen LogP contribution in [0.1, 0.15) is 0 Å². The molecule has 0 spiro atoms. The highest BCUT2D eigenvalue weighted by Crippen LogP contribution is 2.36. The molecule has 202 valence electrons. The Labute approximate surface area is 209 Å². The Kier molecular flexibility index (Phi) is 7.30. The fourth-order valence-electron chi connectivity index (χ4n) is 3.65. The molecule has 0 saturated carbocycles. The van der Waals surface area contributed by atoms with E-state index >= 15 is 0 Å². The molecule has 0 unspecified atom stereocenters. The maximum absolute atomic E-state index is 14.8. The van der Waals surface area contributed by atoms with Gasteiger partial charge in [0.25, 0.3) is 0 Å². The van der Waals surface area contributed by atoms with E-state index in [2.05, 4.69) is 0 Å². The van der Waals surface area contributed by atoms with Crippen LogP contribution in [-0.2, 0) is 0 Å². The molecule has 0 amide bonds. The summed E-state index contributed by atoms with van der Waals surface area (Å²) in [4.78, 5) is 0. The average molecular weight is 566 g/mol. The Morgan fingerprint density at radius 3 is 1.54 bits per heavy atom. The predicted molar refractivity (Wildman–Crippen MR) is 111 cm³/mol. The molecular formula is C24H7BF12O2. The zero-order valence-electron chi connectivity index (χ0n) is 18.4. The Balaban J connectivity index is 1.96. The van der Waals surface area contributed by atoms with Crippen molar-refractivity contribution in [2.75, 3.05) is 0 Å². The van der Waals surface area contributed by atoms with Gasteiger partial charge in [0, 0.05) is 22.2 Å². The molecule has 1 N–H and O–H groups in total. The van der Waals surface area contributed by atoms with Gasteiger partial charge in [-0.2, -0.15) is 0 Å². The average Bonchev–Trinajstić information content (AvgIpc) is 2.91. The quantitative estimate of drug-likeness (QED) is 0.130. The van der Waals surface area contributed by atoms with Gasteiger partial charge in [-0.25, -0.2) is 52.7 Å². The molecule has 0 aliphatic carbocycles. The molecule has 4 aromatic carbocycles. The van der Waals surface area contributed by atoms with Crippen LogP contribution in [0.2, 0.25) is 0 Å². The molecule has 0 heterocycles. The first-order valence-corrected chi connectivity index (χ1v) is 10.2. The van der Waals surface area contributed by atoms with Gasteiger partial charge in [0.2, 0.25) is 5.82 Å². The van der Waals surface area contributed by atoms with E-state index in [0.717, 1.165) is 18.2 Å². The largest absolute Gasteiger partial charge is 0.563 e. The summed E-state index contributed by atoms with van der Waals surface area (Å²) in [5.41, 5.74) is -7.58. The van der Waals surface area contributed by atoms with Crippen LogP contribution >= 0.6 is 0 Å². The topological polar surface area (TPSA) is 29.5 Å². The van der Waals surface area contributed by atoms with Crippen LogP contribution in [0.25, 0.3) is 22.3 Å². The summed E-state index contributed by atoms with van der Waals surface area (Å²) in [7, 11) is -3.10. The lowest BCUT2D eigenvalue weighted by Crippen LogP contribution is -2.42. The minimum Gasteiger partial charge on any atom is -0.532 e. The van der Waals surface area contributed by atoms with Crippen molar-refractivity contribution >= 4 is 12.6 Å². The number of halogens is 12. The molecule has 0 aliphatic rings. The lowest BCUT2D eigenvalue weighted by molar-refractivity contribution is 0.379. The maximum atomic E-state index is 14.8. The van der Waals surface area contributed by atoms with Crippen LogP contribution in [0.15, 0.2) is 36.4 Å². The molecule has 4 aromatic rings. The highest BCUT2D eigenvalue weighted by molar-refractivity contribution is 6.62. The molecule has 0 radical (unpaired) electrons. The second-order valence-corrected chi connectivity index (χ2v) is 7.68. The lowest BCUT2D eigenvalue weighted by Gasteiger charge is -2.19. The first-order valence-electron chi connectivity index (χ1n) is 10.2. The SMILES string of the molecule is OB(Oc1ccccc1-c1ccc(F)c(F)c1F)c1c(F)c(F)c(F)c(F)c1-c1c(F)c(F)c(F)c(F)c1F. The van der Waals surface area contributed by atoms with Crippen molar-refractivity contribution in [3.8, 4) is 28.0 Å². The number of rotatable bonds is 5. The second-order valence-electron chi connectivity index (χ2n) is 7.68.